The molecule has 102 valence electrons. The number of hydrogen-bond acceptors (Lipinski definition) is 4. The summed E-state index contributed by atoms with van der Waals surface area (Å²) in [6.45, 7) is 2.07. The van der Waals surface area contributed by atoms with Gasteiger partial charge in [0.1, 0.15) is 0 Å². The molecule has 0 fully saturated rings. The van der Waals surface area contributed by atoms with Gasteiger partial charge in [-0.05, 0) is 18.6 Å². The van der Waals surface area contributed by atoms with E-state index in [-0.39, 0.29) is 0 Å². The number of nitrogens with zero attached hydrogens (tertiary/aromatic N) is 5. The molecule has 5 heteroatoms. The third-order valence-electron chi connectivity index (χ3n) is 3.31. The van der Waals surface area contributed by atoms with Crippen molar-refractivity contribution in [2.24, 2.45) is 7.05 Å². The number of fused-ring (bicyclic) bond motifs is 1. The van der Waals surface area contributed by atoms with Crippen LogP contribution in [0, 0.1) is 6.92 Å². The van der Waals surface area contributed by atoms with Gasteiger partial charge in [-0.15, -0.1) is 5.10 Å². The zero-order chi connectivity index (χ0) is 14.3. The molecule has 3 rings (SSSR count). The molecular formula is C15H17N5. The lowest BCUT2D eigenvalue weighted by Crippen LogP contribution is -2.14. The SMILES string of the molecule is Cc1cccc2cc(-c3nc(N(C)C)n(C)n3)cnc12. The van der Waals surface area contributed by atoms with Crippen LogP contribution in [0.3, 0.4) is 0 Å². The molecule has 0 spiro atoms. The summed E-state index contributed by atoms with van der Waals surface area (Å²) in [4.78, 5) is 11.0. The van der Waals surface area contributed by atoms with Crippen LogP contribution < -0.4 is 4.90 Å². The Bertz CT molecular complexity index is 773. The molecule has 0 aliphatic carbocycles. The number of anilines is 1. The van der Waals surface area contributed by atoms with Gasteiger partial charge in [-0.3, -0.25) is 4.98 Å². The van der Waals surface area contributed by atoms with Crippen molar-refractivity contribution in [1.29, 1.82) is 0 Å². The first-order valence-corrected chi connectivity index (χ1v) is 6.50. The quantitative estimate of drug-likeness (QED) is 0.715. The number of aromatic nitrogens is 4. The summed E-state index contributed by atoms with van der Waals surface area (Å²) in [7, 11) is 5.80. The molecule has 0 bridgehead atoms. The normalized spacial score (nSPS) is 11.0. The number of rotatable bonds is 2. The van der Waals surface area contributed by atoms with E-state index in [0.717, 1.165) is 22.4 Å². The third-order valence-corrected chi connectivity index (χ3v) is 3.31. The average Bonchev–Trinajstić information content (AvgIpc) is 2.81. The molecule has 0 amide bonds. The van der Waals surface area contributed by atoms with Crippen molar-refractivity contribution < 1.29 is 0 Å². The van der Waals surface area contributed by atoms with E-state index in [0.29, 0.717) is 5.82 Å². The van der Waals surface area contributed by atoms with E-state index in [9.17, 15) is 0 Å². The second-order valence-electron chi connectivity index (χ2n) is 5.12. The fourth-order valence-electron chi connectivity index (χ4n) is 2.32. The van der Waals surface area contributed by atoms with E-state index in [1.807, 2.05) is 38.3 Å². The van der Waals surface area contributed by atoms with Gasteiger partial charge in [0.15, 0.2) is 5.82 Å². The van der Waals surface area contributed by atoms with E-state index in [1.54, 1.807) is 4.68 Å². The first-order valence-electron chi connectivity index (χ1n) is 6.50. The molecule has 0 aliphatic rings. The lowest BCUT2D eigenvalue weighted by atomic mass is 10.1. The second kappa shape index (κ2) is 4.59. The van der Waals surface area contributed by atoms with Crippen LogP contribution in [-0.4, -0.2) is 33.8 Å². The van der Waals surface area contributed by atoms with Gasteiger partial charge in [0.2, 0.25) is 5.95 Å². The summed E-state index contributed by atoms with van der Waals surface area (Å²) < 4.78 is 1.77. The fraction of sp³-hybridized carbons (Fsp3) is 0.267. The molecule has 20 heavy (non-hydrogen) atoms. The molecule has 0 radical (unpaired) electrons. The van der Waals surface area contributed by atoms with Crippen LogP contribution >= 0.6 is 0 Å². The Balaban J connectivity index is 2.13. The molecule has 0 saturated heterocycles. The first kappa shape index (κ1) is 12.6. The summed E-state index contributed by atoms with van der Waals surface area (Å²) in [5.74, 6) is 1.52. The Morgan fingerprint density at radius 1 is 1.20 bits per heavy atom. The summed E-state index contributed by atoms with van der Waals surface area (Å²) in [6, 6.07) is 8.26. The number of para-hydroxylation sites is 1. The topological polar surface area (TPSA) is 46.8 Å². The lowest BCUT2D eigenvalue weighted by Gasteiger charge is -2.08. The maximum atomic E-state index is 4.55. The fourth-order valence-corrected chi connectivity index (χ4v) is 2.32. The van der Waals surface area contributed by atoms with Crippen LogP contribution in [0.25, 0.3) is 22.3 Å². The van der Waals surface area contributed by atoms with Gasteiger partial charge < -0.3 is 4.90 Å². The molecule has 2 aromatic heterocycles. The Morgan fingerprint density at radius 2 is 2.00 bits per heavy atom. The highest BCUT2D eigenvalue weighted by atomic mass is 15.4. The summed E-state index contributed by atoms with van der Waals surface area (Å²) in [5, 5.41) is 5.57. The molecule has 0 N–H and O–H groups in total. The van der Waals surface area contributed by atoms with Gasteiger partial charge in [-0.1, -0.05) is 18.2 Å². The van der Waals surface area contributed by atoms with Crippen LogP contribution in [0.1, 0.15) is 5.56 Å². The van der Waals surface area contributed by atoms with Crippen LogP contribution in [0.5, 0.6) is 0 Å². The molecule has 1 aromatic carbocycles. The van der Waals surface area contributed by atoms with E-state index >= 15 is 0 Å². The third kappa shape index (κ3) is 2.01. The Kier molecular flexibility index (Phi) is 2.89. The van der Waals surface area contributed by atoms with Crippen LogP contribution in [-0.2, 0) is 7.05 Å². The van der Waals surface area contributed by atoms with E-state index < -0.39 is 0 Å². The molecule has 2 heterocycles. The van der Waals surface area contributed by atoms with Crippen molar-refractivity contribution in [2.45, 2.75) is 6.92 Å². The predicted molar refractivity (Wildman–Crippen MR) is 80.8 cm³/mol. The summed E-state index contributed by atoms with van der Waals surface area (Å²) in [5.41, 5.74) is 3.14. The minimum absolute atomic E-state index is 0.701. The van der Waals surface area contributed by atoms with Gasteiger partial charge in [-0.25, -0.2) is 4.68 Å². The highest BCUT2D eigenvalue weighted by Gasteiger charge is 2.11. The Hall–Kier alpha value is -2.43. The highest BCUT2D eigenvalue weighted by molar-refractivity contribution is 5.84. The number of aryl methyl sites for hydroxylation is 2. The average molecular weight is 267 g/mol. The highest BCUT2D eigenvalue weighted by Crippen LogP contribution is 2.23. The molecule has 5 nitrogen and oxygen atoms in total. The minimum atomic E-state index is 0.701. The van der Waals surface area contributed by atoms with E-state index in [2.05, 4.69) is 40.2 Å². The molecule has 3 aromatic rings. The maximum Gasteiger partial charge on any atom is 0.223 e. The molecule has 0 aliphatic heterocycles. The van der Waals surface area contributed by atoms with Gasteiger partial charge in [-0.2, -0.15) is 4.98 Å². The van der Waals surface area contributed by atoms with Crippen molar-refractivity contribution >= 4 is 16.9 Å². The van der Waals surface area contributed by atoms with Crippen molar-refractivity contribution in [3.05, 3.63) is 36.0 Å². The number of benzene rings is 1. The van der Waals surface area contributed by atoms with Gasteiger partial charge in [0.25, 0.3) is 0 Å². The summed E-state index contributed by atoms with van der Waals surface area (Å²) in [6.07, 6.45) is 1.84. The van der Waals surface area contributed by atoms with Gasteiger partial charge in [0, 0.05) is 38.3 Å². The maximum absolute atomic E-state index is 4.55. The minimum Gasteiger partial charge on any atom is -0.347 e. The van der Waals surface area contributed by atoms with Crippen molar-refractivity contribution in [3.8, 4) is 11.4 Å². The molecule has 0 unspecified atom stereocenters. The van der Waals surface area contributed by atoms with Gasteiger partial charge >= 0.3 is 0 Å². The summed E-state index contributed by atoms with van der Waals surface area (Å²) >= 11 is 0. The Labute approximate surface area is 117 Å². The largest absolute Gasteiger partial charge is 0.347 e. The van der Waals surface area contributed by atoms with Crippen molar-refractivity contribution in [2.75, 3.05) is 19.0 Å². The van der Waals surface area contributed by atoms with E-state index in [1.165, 1.54) is 5.56 Å². The zero-order valence-electron chi connectivity index (χ0n) is 12.1. The monoisotopic (exact) mass is 267 g/mol. The zero-order valence-corrected chi connectivity index (χ0v) is 12.1. The van der Waals surface area contributed by atoms with Crippen molar-refractivity contribution in [1.82, 2.24) is 19.7 Å². The number of hydrogen-bond donors (Lipinski definition) is 0. The first-order chi connectivity index (χ1) is 9.56. The lowest BCUT2D eigenvalue weighted by molar-refractivity contribution is 0.753. The van der Waals surface area contributed by atoms with Crippen LogP contribution in [0.15, 0.2) is 30.5 Å². The molecular weight excluding hydrogens is 250 g/mol. The van der Waals surface area contributed by atoms with Crippen LogP contribution in [0.2, 0.25) is 0 Å². The molecule has 0 saturated carbocycles. The predicted octanol–water partition coefficient (Wildman–Crippen LogP) is 2.40. The van der Waals surface area contributed by atoms with Crippen molar-refractivity contribution in [3.63, 3.8) is 0 Å². The molecule has 0 atom stereocenters. The number of pyridine rings is 1. The standard InChI is InChI=1S/C15H17N5/c1-10-6-5-7-11-8-12(9-16-13(10)11)14-17-15(19(2)3)20(4)18-14/h5-9H,1-4H3. The van der Waals surface area contributed by atoms with Gasteiger partial charge in [0.05, 0.1) is 5.52 Å². The Morgan fingerprint density at radius 3 is 2.70 bits per heavy atom. The smallest absolute Gasteiger partial charge is 0.223 e. The van der Waals surface area contributed by atoms with Crippen LogP contribution in [0.4, 0.5) is 5.95 Å². The second-order valence-corrected chi connectivity index (χ2v) is 5.12. The van der Waals surface area contributed by atoms with E-state index in [4.69, 9.17) is 0 Å².